The van der Waals surface area contributed by atoms with E-state index in [1.54, 1.807) is 12.1 Å². The quantitative estimate of drug-likeness (QED) is 0.893. The summed E-state index contributed by atoms with van der Waals surface area (Å²) in [5.74, 6) is -0.167. The van der Waals surface area contributed by atoms with Crippen molar-refractivity contribution in [2.75, 3.05) is 26.2 Å². The summed E-state index contributed by atoms with van der Waals surface area (Å²) in [6.45, 7) is 10.0. The van der Waals surface area contributed by atoms with Gasteiger partial charge in [-0.25, -0.2) is 8.78 Å². The molecule has 2 nitrogen and oxygen atoms in total. The van der Waals surface area contributed by atoms with Crippen molar-refractivity contribution < 1.29 is 8.78 Å². The summed E-state index contributed by atoms with van der Waals surface area (Å²) in [4.78, 5) is 2.37. The Morgan fingerprint density at radius 3 is 2.52 bits per heavy atom. The van der Waals surface area contributed by atoms with Gasteiger partial charge in [0.1, 0.15) is 0 Å². The first-order chi connectivity index (χ1) is 10.0. The Labute approximate surface area is 126 Å². The molecule has 0 bridgehead atoms. The van der Waals surface area contributed by atoms with Crippen molar-refractivity contribution >= 4 is 0 Å². The minimum absolute atomic E-state index is 0.164. The first-order valence-corrected chi connectivity index (χ1v) is 7.90. The average Bonchev–Trinajstić information content (AvgIpc) is 2.40. The van der Waals surface area contributed by atoms with Gasteiger partial charge in [-0.3, -0.25) is 0 Å². The summed E-state index contributed by atoms with van der Waals surface area (Å²) in [5, 5.41) is 3.30. The van der Waals surface area contributed by atoms with Crippen molar-refractivity contribution in [1.29, 1.82) is 0 Å². The van der Waals surface area contributed by atoms with Crippen LogP contribution in [0.5, 0.6) is 0 Å². The van der Waals surface area contributed by atoms with Gasteiger partial charge in [0.25, 0.3) is 0 Å². The molecule has 1 heterocycles. The summed E-state index contributed by atoms with van der Waals surface area (Å²) in [6.07, 6.45) is 1.25. The van der Waals surface area contributed by atoms with Gasteiger partial charge in [-0.1, -0.05) is 32.9 Å². The first kappa shape index (κ1) is 16.4. The summed E-state index contributed by atoms with van der Waals surface area (Å²) in [5.41, 5.74) is 0.433. The lowest BCUT2D eigenvalue weighted by atomic mass is 9.91. The Bertz CT molecular complexity index is 454. The van der Waals surface area contributed by atoms with E-state index in [4.69, 9.17) is 0 Å². The molecule has 2 rings (SSSR count). The number of hydrogen-bond acceptors (Lipinski definition) is 2. The highest BCUT2D eigenvalue weighted by Crippen LogP contribution is 2.25. The maximum Gasteiger partial charge on any atom is 0.163 e. The zero-order chi connectivity index (χ0) is 15.4. The van der Waals surface area contributed by atoms with Crippen molar-refractivity contribution in [2.45, 2.75) is 33.2 Å². The van der Waals surface area contributed by atoms with Crippen molar-refractivity contribution in [1.82, 2.24) is 10.2 Å². The highest BCUT2D eigenvalue weighted by molar-refractivity contribution is 5.23. The van der Waals surface area contributed by atoms with Crippen molar-refractivity contribution in [3.05, 3.63) is 35.4 Å². The van der Waals surface area contributed by atoms with Gasteiger partial charge in [-0.05, 0) is 30.9 Å². The average molecular weight is 296 g/mol. The standard InChI is InChI=1S/C17H26F2N2/c1-4-20-16(14-6-5-7-15(18)17(14)19)11-21-9-12(2)8-13(3)10-21/h5-7,12-13,16,20H,4,8-11H2,1-3H3. The zero-order valence-electron chi connectivity index (χ0n) is 13.2. The molecule has 0 aliphatic carbocycles. The van der Waals surface area contributed by atoms with Gasteiger partial charge < -0.3 is 10.2 Å². The van der Waals surface area contributed by atoms with Gasteiger partial charge in [0.15, 0.2) is 11.6 Å². The van der Waals surface area contributed by atoms with E-state index in [1.165, 1.54) is 12.5 Å². The Hall–Kier alpha value is -1.00. The lowest BCUT2D eigenvalue weighted by molar-refractivity contribution is 0.128. The van der Waals surface area contributed by atoms with Gasteiger partial charge in [0.2, 0.25) is 0 Å². The monoisotopic (exact) mass is 296 g/mol. The summed E-state index contributed by atoms with van der Waals surface area (Å²) >= 11 is 0. The van der Waals surface area contributed by atoms with Crippen molar-refractivity contribution in [2.24, 2.45) is 11.8 Å². The minimum atomic E-state index is -0.768. The van der Waals surface area contributed by atoms with Gasteiger partial charge in [0, 0.05) is 31.2 Å². The first-order valence-electron chi connectivity index (χ1n) is 7.90. The minimum Gasteiger partial charge on any atom is -0.309 e. The fourth-order valence-electron chi connectivity index (χ4n) is 3.51. The Balaban J connectivity index is 2.13. The van der Waals surface area contributed by atoms with E-state index in [9.17, 15) is 8.78 Å². The molecule has 1 N–H and O–H groups in total. The number of nitrogens with one attached hydrogen (secondary N) is 1. The van der Waals surface area contributed by atoms with Crippen LogP contribution < -0.4 is 5.32 Å². The molecule has 1 fully saturated rings. The van der Waals surface area contributed by atoms with Crippen LogP contribution in [0, 0.1) is 23.5 Å². The molecule has 1 saturated heterocycles. The van der Waals surface area contributed by atoms with Crippen LogP contribution in [0.4, 0.5) is 8.78 Å². The Morgan fingerprint density at radius 1 is 1.24 bits per heavy atom. The largest absolute Gasteiger partial charge is 0.309 e. The molecule has 0 amide bonds. The van der Waals surface area contributed by atoms with Crippen molar-refractivity contribution in [3.63, 3.8) is 0 Å². The lowest BCUT2D eigenvalue weighted by Gasteiger charge is -2.37. The predicted octanol–water partition coefficient (Wildman–Crippen LogP) is 3.59. The molecule has 3 unspecified atom stereocenters. The van der Waals surface area contributed by atoms with Crippen LogP contribution in [-0.2, 0) is 0 Å². The Kier molecular flexibility index (Phi) is 5.71. The number of piperidine rings is 1. The van der Waals surface area contributed by atoms with Crippen LogP contribution >= 0.6 is 0 Å². The molecule has 1 aliphatic heterocycles. The van der Waals surface area contributed by atoms with Gasteiger partial charge in [0.05, 0.1) is 0 Å². The molecule has 0 saturated carbocycles. The predicted molar refractivity (Wildman–Crippen MR) is 82.2 cm³/mol. The van der Waals surface area contributed by atoms with E-state index in [2.05, 4.69) is 24.1 Å². The van der Waals surface area contributed by atoms with Crippen LogP contribution in [0.25, 0.3) is 0 Å². The smallest absolute Gasteiger partial charge is 0.163 e. The number of benzene rings is 1. The number of hydrogen-bond donors (Lipinski definition) is 1. The highest BCUT2D eigenvalue weighted by Gasteiger charge is 2.26. The molecule has 4 heteroatoms. The zero-order valence-corrected chi connectivity index (χ0v) is 13.2. The summed E-state index contributed by atoms with van der Waals surface area (Å²) in [6, 6.07) is 4.28. The van der Waals surface area contributed by atoms with Gasteiger partial charge in [-0.15, -0.1) is 0 Å². The van der Waals surface area contributed by atoms with Crippen LogP contribution in [-0.4, -0.2) is 31.1 Å². The molecule has 1 aromatic rings. The highest BCUT2D eigenvalue weighted by atomic mass is 19.2. The van der Waals surface area contributed by atoms with E-state index in [-0.39, 0.29) is 6.04 Å². The molecule has 0 radical (unpaired) electrons. The number of likely N-dealkylation sites (N-methyl/N-ethyl adjacent to an activating group) is 1. The van der Waals surface area contributed by atoms with Gasteiger partial charge >= 0.3 is 0 Å². The van der Waals surface area contributed by atoms with Crippen LogP contribution in [0.1, 0.15) is 38.8 Å². The lowest BCUT2D eigenvalue weighted by Crippen LogP contribution is -2.43. The normalized spacial score (nSPS) is 25.0. The molecule has 118 valence electrons. The third-order valence-electron chi connectivity index (χ3n) is 4.19. The second kappa shape index (κ2) is 7.32. The summed E-state index contributed by atoms with van der Waals surface area (Å²) < 4.78 is 27.5. The molecule has 1 aromatic carbocycles. The van der Waals surface area contributed by atoms with E-state index < -0.39 is 11.6 Å². The fraction of sp³-hybridized carbons (Fsp3) is 0.647. The second-order valence-electron chi connectivity index (χ2n) is 6.42. The van der Waals surface area contributed by atoms with Gasteiger partial charge in [-0.2, -0.15) is 0 Å². The molecular formula is C17H26F2N2. The summed E-state index contributed by atoms with van der Waals surface area (Å²) in [7, 11) is 0. The maximum atomic E-state index is 14.0. The molecule has 3 atom stereocenters. The SMILES string of the molecule is CCNC(CN1CC(C)CC(C)C1)c1cccc(F)c1F. The molecule has 0 spiro atoms. The molecular weight excluding hydrogens is 270 g/mol. The maximum absolute atomic E-state index is 14.0. The third-order valence-corrected chi connectivity index (χ3v) is 4.19. The van der Waals surface area contributed by atoms with Crippen LogP contribution in [0.15, 0.2) is 18.2 Å². The molecule has 21 heavy (non-hydrogen) atoms. The van der Waals surface area contributed by atoms with E-state index in [1.807, 2.05) is 6.92 Å². The second-order valence-corrected chi connectivity index (χ2v) is 6.42. The number of likely N-dealkylation sites (tertiary alicyclic amines) is 1. The molecule has 1 aliphatic rings. The third kappa shape index (κ3) is 4.24. The Morgan fingerprint density at radius 2 is 1.90 bits per heavy atom. The number of halogens is 2. The molecule has 0 aromatic heterocycles. The van der Waals surface area contributed by atoms with E-state index in [0.29, 0.717) is 17.4 Å². The van der Waals surface area contributed by atoms with E-state index >= 15 is 0 Å². The fourth-order valence-corrected chi connectivity index (χ4v) is 3.51. The van der Waals surface area contributed by atoms with Crippen LogP contribution in [0.2, 0.25) is 0 Å². The van der Waals surface area contributed by atoms with E-state index in [0.717, 1.165) is 26.2 Å². The number of nitrogens with zero attached hydrogens (tertiary/aromatic N) is 1. The van der Waals surface area contributed by atoms with Crippen molar-refractivity contribution in [3.8, 4) is 0 Å². The topological polar surface area (TPSA) is 15.3 Å². The number of rotatable bonds is 5. The van der Waals surface area contributed by atoms with Crippen LogP contribution in [0.3, 0.4) is 0 Å².